The van der Waals surface area contributed by atoms with Crippen LogP contribution in [0.3, 0.4) is 0 Å². The summed E-state index contributed by atoms with van der Waals surface area (Å²) in [4.78, 5) is 17.8. The summed E-state index contributed by atoms with van der Waals surface area (Å²) in [6.45, 7) is 0. The molecular formula is C21H23N7O2S. The lowest BCUT2D eigenvalue weighted by atomic mass is 9.98. The highest BCUT2D eigenvalue weighted by atomic mass is 32.2. The van der Waals surface area contributed by atoms with E-state index in [2.05, 4.69) is 32.4 Å². The van der Waals surface area contributed by atoms with Gasteiger partial charge in [0.2, 0.25) is 11.8 Å². The van der Waals surface area contributed by atoms with E-state index in [-0.39, 0.29) is 11.3 Å². The summed E-state index contributed by atoms with van der Waals surface area (Å²) >= 11 is 0. The van der Waals surface area contributed by atoms with E-state index < -0.39 is 11.0 Å². The molecule has 3 heterocycles. The topological polar surface area (TPSA) is 119 Å². The number of nitrogens with zero attached hydrogens (tertiary/aromatic N) is 5. The number of anilines is 2. The molecule has 160 valence electrons. The van der Waals surface area contributed by atoms with Gasteiger partial charge in [-0.15, -0.1) is 0 Å². The molecule has 1 aromatic carbocycles. The van der Waals surface area contributed by atoms with Crippen LogP contribution < -0.4 is 15.8 Å². The van der Waals surface area contributed by atoms with Crippen LogP contribution in [-0.2, 0) is 17.4 Å². The van der Waals surface area contributed by atoms with Crippen molar-refractivity contribution in [3.63, 3.8) is 0 Å². The van der Waals surface area contributed by atoms with Gasteiger partial charge in [0.1, 0.15) is 16.5 Å². The number of nitrogens with two attached hydrogens (primary N) is 1. The van der Waals surface area contributed by atoms with Crippen molar-refractivity contribution in [2.45, 2.75) is 30.6 Å². The molecule has 2 aromatic heterocycles. The monoisotopic (exact) mass is 437 g/mol. The summed E-state index contributed by atoms with van der Waals surface area (Å²) in [7, 11) is 2.09. The fourth-order valence-corrected chi connectivity index (χ4v) is 5.60. The van der Waals surface area contributed by atoms with Gasteiger partial charge in [-0.05, 0) is 48.6 Å². The van der Waals surface area contributed by atoms with Crippen LogP contribution in [0.5, 0.6) is 5.88 Å². The molecule has 0 saturated carbocycles. The van der Waals surface area contributed by atoms with Gasteiger partial charge >= 0.3 is 0 Å². The Morgan fingerprint density at radius 3 is 3.00 bits per heavy atom. The number of methoxy groups -OCH3 is 1. The van der Waals surface area contributed by atoms with Crippen LogP contribution in [0, 0.1) is 0 Å². The maximum atomic E-state index is 12.9. The minimum Gasteiger partial charge on any atom is -0.480 e. The van der Waals surface area contributed by atoms with Gasteiger partial charge in [-0.2, -0.15) is 4.98 Å². The number of hydrogen-bond acceptors (Lipinski definition) is 8. The second-order valence-corrected chi connectivity index (χ2v) is 9.32. The average Bonchev–Trinajstić information content (AvgIpc) is 2.96. The fraction of sp³-hybridized carbons (Fsp3) is 0.333. The normalized spacial score (nSPS) is 22.8. The Morgan fingerprint density at radius 2 is 2.16 bits per heavy atom. The number of rotatable bonds is 3. The molecule has 0 saturated heterocycles. The van der Waals surface area contributed by atoms with Crippen molar-refractivity contribution >= 4 is 39.5 Å². The number of ether oxygens (including phenoxy) is 1. The van der Waals surface area contributed by atoms with E-state index in [4.69, 9.17) is 15.5 Å². The number of fused-ring (bicyclic) bond motifs is 4. The lowest BCUT2D eigenvalue weighted by Gasteiger charge is -2.33. The van der Waals surface area contributed by atoms with Gasteiger partial charge in [0.05, 0.1) is 30.3 Å². The molecule has 5 rings (SSSR count). The summed E-state index contributed by atoms with van der Waals surface area (Å²) in [6.07, 6.45) is 6.01. The van der Waals surface area contributed by atoms with E-state index in [9.17, 15) is 4.21 Å². The summed E-state index contributed by atoms with van der Waals surface area (Å²) in [6, 6.07) is 7.89. The number of benzene rings is 1. The van der Waals surface area contributed by atoms with E-state index in [1.54, 1.807) is 30.9 Å². The standard InChI is InChI=1S/C21H23N7O2S/c1-28-21(22)27-18-14-10-13(7-6-12(14)4-3-5-16(18)31(28)29)25-15-8-9-23-20-19(15)24-11-17(26-20)30-2/h6-11,16,18H,3-5H2,1-2H3,(H2,22,27)(H,23,25,26). The van der Waals surface area contributed by atoms with Crippen molar-refractivity contribution in [1.29, 1.82) is 0 Å². The molecule has 3 unspecified atom stereocenters. The maximum absolute atomic E-state index is 12.9. The minimum absolute atomic E-state index is 0.0751. The molecule has 0 bridgehead atoms. The first-order valence-corrected chi connectivity index (χ1v) is 11.3. The molecule has 2 aliphatic rings. The number of hydrogen-bond donors (Lipinski definition) is 2. The van der Waals surface area contributed by atoms with E-state index in [1.165, 1.54) is 5.56 Å². The molecule has 1 aliphatic carbocycles. The number of pyridine rings is 1. The third kappa shape index (κ3) is 3.46. The first kappa shape index (κ1) is 19.7. The highest BCUT2D eigenvalue weighted by Crippen LogP contribution is 2.39. The molecule has 1 aliphatic heterocycles. The van der Waals surface area contributed by atoms with Crippen LogP contribution in [0.2, 0.25) is 0 Å². The Morgan fingerprint density at radius 1 is 1.29 bits per heavy atom. The number of aryl methyl sites for hydroxylation is 1. The number of aliphatic imine (C=N–C) groups is 1. The Labute approximate surface area is 182 Å². The van der Waals surface area contributed by atoms with Gasteiger partial charge in [0.15, 0.2) is 5.65 Å². The molecule has 0 spiro atoms. The maximum Gasteiger partial charge on any atom is 0.234 e. The minimum atomic E-state index is -1.20. The predicted molar refractivity (Wildman–Crippen MR) is 121 cm³/mol. The Balaban J connectivity index is 1.54. The van der Waals surface area contributed by atoms with Crippen LogP contribution in [-0.4, -0.2) is 48.8 Å². The Bertz CT molecular complexity index is 1220. The number of guanidine groups is 1. The van der Waals surface area contributed by atoms with E-state index >= 15 is 0 Å². The van der Waals surface area contributed by atoms with Crippen molar-refractivity contribution in [2.24, 2.45) is 10.7 Å². The van der Waals surface area contributed by atoms with Crippen molar-refractivity contribution in [2.75, 3.05) is 19.5 Å². The van der Waals surface area contributed by atoms with Crippen LogP contribution in [0.1, 0.15) is 30.0 Å². The van der Waals surface area contributed by atoms with Gasteiger partial charge in [0, 0.05) is 18.9 Å². The van der Waals surface area contributed by atoms with Crippen molar-refractivity contribution in [3.05, 3.63) is 47.8 Å². The largest absolute Gasteiger partial charge is 0.480 e. The molecule has 3 aromatic rings. The zero-order valence-corrected chi connectivity index (χ0v) is 18.1. The predicted octanol–water partition coefficient (Wildman–Crippen LogP) is 2.45. The lowest BCUT2D eigenvalue weighted by Crippen LogP contribution is -2.46. The molecular weight excluding hydrogens is 414 g/mol. The van der Waals surface area contributed by atoms with Gasteiger partial charge in [-0.25, -0.2) is 19.2 Å². The zero-order valence-electron chi connectivity index (χ0n) is 17.3. The van der Waals surface area contributed by atoms with Crippen LogP contribution in [0.4, 0.5) is 11.4 Å². The fourth-order valence-electron chi connectivity index (χ4n) is 4.17. The number of nitrogens with one attached hydrogen (secondary N) is 1. The van der Waals surface area contributed by atoms with Gasteiger partial charge < -0.3 is 15.8 Å². The lowest BCUT2D eigenvalue weighted by molar-refractivity contribution is 0.397. The van der Waals surface area contributed by atoms with Crippen molar-refractivity contribution < 1.29 is 8.95 Å². The van der Waals surface area contributed by atoms with Crippen LogP contribution in [0.15, 0.2) is 41.7 Å². The SMILES string of the molecule is COc1cnc2c(Nc3ccc4c(c3)C3N=C(N)N(C)S(=O)C3CCC4)ccnc2n1. The highest BCUT2D eigenvalue weighted by Gasteiger charge is 2.38. The molecule has 0 radical (unpaired) electrons. The number of aromatic nitrogens is 3. The molecule has 0 amide bonds. The zero-order chi connectivity index (χ0) is 21.5. The van der Waals surface area contributed by atoms with E-state index in [1.807, 2.05) is 12.1 Å². The molecule has 31 heavy (non-hydrogen) atoms. The Kier molecular flexibility index (Phi) is 4.93. The summed E-state index contributed by atoms with van der Waals surface area (Å²) in [5, 5.41) is 3.36. The van der Waals surface area contributed by atoms with Gasteiger partial charge in [0.25, 0.3) is 0 Å². The molecule has 0 fully saturated rings. The van der Waals surface area contributed by atoms with Crippen LogP contribution >= 0.6 is 0 Å². The average molecular weight is 438 g/mol. The summed E-state index contributed by atoms with van der Waals surface area (Å²) in [5.41, 5.74) is 11.2. The molecule has 3 atom stereocenters. The summed E-state index contributed by atoms with van der Waals surface area (Å²) in [5.74, 6) is 0.731. The van der Waals surface area contributed by atoms with E-state index in [0.717, 1.165) is 36.2 Å². The smallest absolute Gasteiger partial charge is 0.234 e. The quantitative estimate of drug-likeness (QED) is 0.646. The Hall–Kier alpha value is -3.27. The second kappa shape index (κ2) is 7.77. The highest BCUT2D eigenvalue weighted by molar-refractivity contribution is 7.84. The first-order valence-electron chi connectivity index (χ1n) is 10.1. The molecule has 10 heteroatoms. The van der Waals surface area contributed by atoms with E-state index in [0.29, 0.717) is 23.0 Å². The second-order valence-electron chi connectivity index (χ2n) is 7.62. The van der Waals surface area contributed by atoms with Gasteiger partial charge in [-0.3, -0.25) is 4.31 Å². The third-order valence-electron chi connectivity index (χ3n) is 5.79. The molecule has 9 nitrogen and oxygen atoms in total. The molecule has 3 N–H and O–H groups in total. The third-order valence-corrected chi connectivity index (χ3v) is 7.53. The van der Waals surface area contributed by atoms with Gasteiger partial charge in [-0.1, -0.05) is 6.07 Å². The van der Waals surface area contributed by atoms with Crippen LogP contribution in [0.25, 0.3) is 11.2 Å². The van der Waals surface area contributed by atoms with Crippen molar-refractivity contribution in [1.82, 2.24) is 19.3 Å². The van der Waals surface area contributed by atoms with Crippen molar-refractivity contribution in [3.8, 4) is 5.88 Å². The first-order chi connectivity index (χ1) is 15.0. The summed E-state index contributed by atoms with van der Waals surface area (Å²) < 4.78 is 19.7.